The quantitative estimate of drug-likeness (QED) is 0.892. The van der Waals surface area contributed by atoms with Crippen LogP contribution in [0.25, 0.3) is 0 Å². The summed E-state index contributed by atoms with van der Waals surface area (Å²) in [4.78, 5) is 10.1. The Morgan fingerprint density at radius 1 is 1.16 bits per heavy atom. The minimum Gasteiger partial charge on any atom is -0.348 e. The van der Waals surface area contributed by atoms with Crippen LogP contribution in [0.15, 0.2) is 12.5 Å². The molecule has 0 aromatic carbocycles. The summed E-state index contributed by atoms with van der Waals surface area (Å²) in [6.45, 7) is 6.27. The Labute approximate surface area is 121 Å². The van der Waals surface area contributed by atoms with Gasteiger partial charge in [-0.1, -0.05) is 0 Å². The van der Waals surface area contributed by atoms with Gasteiger partial charge >= 0.3 is 0 Å². The van der Waals surface area contributed by atoms with E-state index in [1.54, 1.807) is 6.33 Å². The Hall–Kier alpha value is -0.580. The third kappa shape index (κ3) is 3.94. The molecule has 0 amide bonds. The number of likely N-dealkylation sites (tertiary alicyclic amines) is 1. The van der Waals surface area contributed by atoms with Crippen LogP contribution in [0, 0.1) is 5.92 Å². The van der Waals surface area contributed by atoms with E-state index < -0.39 is 0 Å². The lowest BCUT2D eigenvalue weighted by Gasteiger charge is -2.35. The Morgan fingerprint density at radius 2 is 1.89 bits per heavy atom. The predicted octanol–water partition coefficient (Wildman–Crippen LogP) is 2.01. The number of rotatable bonds is 3. The second kappa shape index (κ2) is 7.27. The summed E-state index contributed by atoms with van der Waals surface area (Å²) in [5, 5.41) is 3.45. The van der Waals surface area contributed by atoms with Gasteiger partial charge in [-0.3, -0.25) is 0 Å². The fraction of sp³-hybridized carbons (Fsp3) is 0.786. The number of aromatic nitrogens is 2. The minimum absolute atomic E-state index is 0. The number of halogens is 1. The number of nitrogens with zero attached hydrogens (tertiary/aromatic N) is 2. The summed E-state index contributed by atoms with van der Waals surface area (Å²) in [6.07, 6.45) is 9.09. The lowest BCUT2D eigenvalue weighted by atomic mass is 9.92. The van der Waals surface area contributed by atoms with Crippen LogP contribution in [0.2, 0.25) is 0 Å². The molecule has 0 radical (unpaired) electrons. The van der Waals surface area contributed by atoms with Crippen LogP contribution in [0.3, 0.4) is 0 Å². The molecule has 0 unspecified atom stereocenters. The lowest BCUT2D eigenvalue weighted by molar-refractivity contribution is 0.166. The Bertz CT molecular complexity index is 340. The highest BCUT2D eigenvalue weighted by Gasteiger charge is 2.23. The highest BCUT2D eigenvalue weighted by atomic mass is 35.5. The first-order valence-electron chi connectivity index (χ1n) is 7.33. The number of H-pyrrole nitrogens is 1. The van der Waals surface area contributed by atoms with E-state index in [0.29, 0.717) is 5.92 Å². The van der Waals surface area contributed by atoms with E-state index in [1.807, 2.05) is 6.20 Å². The smallest absolute Gasteiger partial charge is 0.0921 e. The van der Waals surface area contributed by atoms with Gasteiger partial charge in [0.2, 0.25) is 0 Å². The minimum atomic E-state index is 0. The number of piperidine rings is 2. The van der Waals surface area contributed by atoms with E-state index in [1.165, 1.54) is 64.1 Å². The van der Waals surface area contributed by atoms with E-state index in [9.17, 15) is 0 Å². The molecule has 0 bridgehead atoms. The molecule has 2 fully saturated rings. The van der Waals surface area contributed by atoms with Crippen LogP contribution < -0.4 is 5.32 Å². The predicted molar refractivity (Wildman–Crippen MR) is 79.8 cm³/mol. The van der Waals surface area contributed by atoms with Gasteiger partial charge < -0.3 is 15.2 Å². The third-order valence-electron chi connectivity index (χ3n) is 4.52. The Kier molecular flexibility index (Phi) is 5.67. The van der Waals surface area contributed by atoms with Crippen LogP contribution in [0.5, 0.6) is 0 Å². The molecule has 0 atom stereocenters. The number of imidazole rings is 1. The number of aromatic amines is 1. The van der Waals surface area contributed by atoms with Crippen LogP contribution in [0.1, 0.15) is 37.3 Å². The van der Waals surface area contributed by atoms with Gasteiger partial charge in [-0.25, -0.2) is 4.98 Å². The zero-order chi connectivity index (χ0) is 12.2. The molecule has 2 aliphatic heterocycles. The van der Waals surface area contributed by atoms with Gasteiger partial charge in [0.25, 0.3) is 0 Å². The fourth-order valence-electron chi connectivity index (χ4n) is 3.35. The van der Waals surface area contributed by atoms with E-state index in [2.05, 4.69) is 20.2 Å². The van der Waals surface area contributed by atoms with Gasteiger partial charge in [-0.05, 0) is 57.8 Å². The van der Waals surface area contributed by atoms with Gasteiger partial charge in [0.05, 0.1) is 6.33 Å². The molecule has 1 aromatic heterocycles. The molecule has 3 rings (SSSR count). The van der Waals surface area contributed by atoms with Gasteiger partial charge in [0, 0.05) is 24.4 Å². The van der Waals surface area contributed by atoms with Crippen molar-refractivity contribution in [2.75, 3.05) is 32.7 Å². The average molecular weight is 285 g/mol. The van der Waals surface area contributed by atoms with Crippen molar-refractivity contribution >= 4 is 12.4 Å². The Morgan fingerprint density at radius 3 is 2.53 bits per heavy atom. The zero-order valence-electron chi connectivity index (χ0n) is 11.5. The van der Waals surface area contributed by atoms with Crippen LogP contribution >= 0.6 is 12.4 Å². The van der Waals surface area contributed by atoms with Crippen molar-refractivity contribution in [1.82, 2.24) is 20.2 Å². The first-order chi connectivity index (χ1) is 8.92. The van der Waals surface area contributed by atoms with Crippen molar-refractivity contribution in [1.29, 1.82) is 0 Å². The van der Waals surface area contributed by atoms with E-state index in [0.717, 1.165) is 5.92 Å². The number of nitrogens with one attached hydrogen (secondary N) is 2. The van der Waals surface area contributed by atoms with Crippen molar-refractivity contribution in [3.05, 3.63) is 18.2 Å². The summed E-state index contributed by atoms with van der Waals surface area (Å²) in [7, 11) is 0. The number of hydrogen-bond donors (Lipinski definition) is 2. The fourth-order valence-corrected chi connectivity index (χ4v) is 3.35. The molecular weight excluding hydrogens is 260 g/mol. The van der Waals surface area contributed by atoms with Crippen LogP contribution in [-0.4, -0.2) is 47.6 Å². The van der Waals surface area contributed by atoms with Crippen molar-refractivity contribution in [3.8, 4) is 0 Å². The number of hydrogen-bond acceptors (Lipinski definition) is 3. The van der Waals surface area contributed by atoms with Gasteiger partial charge in [-0.2, -0.15) is 0 Å². The molecule has 2 saturated heterocycles. The summed E-state index contributed by atoms with van der Waals surface area (Å²) < 4.78 is 0. The van der Waals surface area contributed by atoms with E-state index >= 15 is 0 Å². The summed E-state index contributed by atoms with van der Waals surface area (Å²) in [5.74, 6) is 1.63. The molecule has 2 aliphatic rings. The molecule has 108 valence electrons. The monoisotopic (exact) mass is 284 g/mol. The molecule has 2 N–H and O–H groups in total. The van der Waals surface area contributed by atoms with Crippen LogP contribution in [-0.2, 0) is 0 Å². The van der Waals surface area contributed by atoms with Crippen molar-refractivity contribution in [2.24, 2.45) is 5.92 Å². The maximum absolute atomic E-state index is 4.13. The molecule has 0 saturated carbocycles. The SMILES string of the molecule is Cl.c1ncc(C2CCN(CC3CCNCC3)CC2)[nH]1. The lowest BCUT2D eigenvalue weighted by Crippen LogP contribution is -2.39. The van der Waals surface area contributed by atoms with Crippen LogP contribution in [0.4, 0.5) is 0 Å². The molecule has 0 spiro atoms. The maximum atomic E-state index is 4.13. The van der Waals surface area contributed by atoms with Gasteiger partial charge in [0.15, 0.2) is 0 Å². The Balaban J connectivity index is 0.00000133. The largest absolute Gasteiger partial charge is 0.348 e. The third-order valence-corrected chi connectivity index (χ3v) is 4.52. The topological polar surface area (TPSA) is 44.0 Å². The molecule has 4 nitrogen and oxygen atoms in total. The second-order valence-electron chi connectivity index (χ2n) is 5.78. The molecule has 1 aromatic rings. The second-order valence-corrected chi connectivity index (χ2v) is 5.78. The molecule has 0 aliphatic carbocycles. The summed E-state index contributed by atoms with van der Waals surface area (Å²) >= 11 is 0. The first kappa shape index (κ1) is 14.8. The zero-order valence-corrected chi connectivity index (χ0v) is 12.3. The molecule has 5 heteroatoms. The van der Waals surface area contributed by atoms with E-state index in [4.69, 9.17) is 0 Å². The normalized spacial score (nSPS) is 23.2. The highest BCUT2D eigenvalue weighted by Crippen LogP contribution is 2.27. The highest BCUT2D eigenvalue weighted by molar-refractivity contribution is 5.85. The summed E-state index contributed by atoms with van der Waals surface area (Å²) in [6, 6.07) is 0. The van der Waals surface area contributed by atoms with Gasteiger partial charge in [0.1, 0.15) is 0 Å². The maximum Gasteiger partial charge on any atom is 0.0921 e. The first-order valence-corrected chi connectivity index (χ1v) is 7.33. The standard InChI is InChI=1S/C14H24N4.ClH/c1-5-15-6-2-12(1)10-18-7-3-13(4-8-18)14-9-16-11-17-14;/h9,11-13,15H,1-8,10H2,(H,16,17);1H. The molecule has 3 heterocycles. The average Bonchev–Trinajstić information content (AvgIpc) is 2.95. The van der Waals surface area contributed by atoms with Gasteiger partial charge in [-0.15, -0.1) is 12.4 Å². The summed E-state index contributed by atoms with van der Waals surface area (Å²) in [5.41, 5.74) is 1.33. The van der Waals surface area contributed by atoms with Crippen molar-refractivity contribution in [3.63, 3.8) is 0 Å². The molecule has 19 heavy (non-hydrogen) atoms. The molecular formula is C14H25ClN4. The van der Waals surface area contributed by atoms with E-state index in [-0.39, 0.29) is 12.4 Å². The van der Waals surface area contributed by atoms with Crippen molar-refractivity contribution < 1.29 is 0 Å². The van der Waals surface area contributed by atoms with Crippen molar-refractivity contribution in [2.45, 2.75) is 31.6 Å².